The molecule has 3 rings (SSSR count). The largest absolute Gasteiger partial charge is 0.508 e. The molecule has 1 aliphatic heterocycles. The van der Waals surface area contributed by atoms with E-state index in [0.717, 1.165) is 14.7 Å². The summed E-state index contributed by atoms with van der Waals surface area (Å²) in [4.78, 5) is 0. The standard InChI is InChI=1S/C21H17IN2O4/c1-3-7-27-20-16(22)8-12(9-18(20)26-4-2)19-14-6-5-13(25)10-17(14)28-21(24)15(19)11-23/h1,5-6,8-10,19,25H,4,7,24H2,2H3/t19-/m0/s1. The lowest BCUT2D eigenvalue weighted by Crippen LogP contribution is -2.21. The third kappa shape index (κ3) is 3.67. The Balaban J connectivity index is 2.19. The zero-order chi connectivity index (χ0) is 20.3. The maximum atomic E-state index is 9.78. The summed E-state index contributed by atoms with van der Waals surface area (Å²) in [6.07, 6.45) is 5.31. The summed E-state index contributed by atoms with van der Waals surface area (Å²) in [5.41, 5.74) is 7.78. The summed E-state index contributed by atoms with van der Waals surface area (Å²) < 4.78 is 17.7. The zero-order valence-electron chi connectivity index (χ0n) is 15.0. The molecule has 0 fully saturated rings. The third-order valence-corrected chi connectivity index (χ3v) is 4.97. The molecule has 1 heterocycles. The van der Waals surface area contributed by atoms with Crippen LogP contribution in [0.2, 0.25) is 0 Å². The number of allylic oxidation sites excluding steroid dienone is 1. The summed E-state index contributed by atoms with van der Waals surface area (Å²) >= 11 is 2.14. The van der Waals surface area contributed by atoms with Gasteiger partial charge in [0.2, 0.25) is 5.88 Å². The van der Waals surface area contributed by atoms with Crippen molar-refractivity contribution < 1.29 is 19.3 Å². The van der Waals surface area contributed by atoms with E-state index in [-0.39, 0.29) is 23.8 Å². The molecule has 6 nitrogen and oxygen atoms in total. The second-order valence-corrected chi connectivity index (χ2v) is 7.06. The normalized spacial score (nSPS) is 15.1. The fourth-order valence-electron chi connectivity index (χ4n) is 3.06. The lowest BCUT2D eigenvalue weighted by Gasteiger charge is -2.27. The van der Waals surface area contributed by atoms with Gasteiger partial charge in [0, 0.05) is 11.6 Å². The van der Waals surface area contributed by atoms with Gasteiger partial charge in [0.05, 0.1) is 16.1 Å². The van der Waals surface area contributed by atoms with E-state index in [1.807, 2.05) is 19.1 Å². The number of benzene rings is 2. The first kappa shape index (κ1) is 19.7. The zero-order valence-corrected chi connectivity index (χ0v) is 17.2. The van der Waals surface area contributed by atoms with Crippen LogP contribution in [0.4, 0.5) is 0 Å². The van der Waals surface area contributed by atoms with Gasteiger partial charge >= 0.3 is 0 Å². The fourth-order valence-corrected chi connectivity index (χ4v) is 3.84. The molecule has 0 bridgehead atoms. The SMILES string of the molecule is C#CCOc1c(I)cc([C@@H]2C(C#N)=C(N)Oc3cc(O)ccc32)cc1OCC. The first-order chi connectivity index (χ1) is 13.5. The molecule has 0 saturated carbocycles. The molecular weight excluding hydrogens is 471 g/mol. The number of nitrogens with two attached hydrogens (primary N) is 1. The van der Waals surface area contributed by atoms with E-state index in [9.17, 15) is 10.4 Å². The van der Waals surface area contributed by atoms with Crippen LogP contribution < -0.4 is 19.9 Å². The summed E-state index contributed by atoms with van der Waals surface area (Å²) in [6.45, 7) is 2.42. The first-order valence-electron chi connectivity index (χ1n) is 8.43. The van der Waals surface area contributed by atoms with E-state index >= 15 is 0 Å². The van der Waals surface area contributed by atoms with E-state index in [1.54, 1.807) is 12.1 Å². The molecule has 0 spiro atoms. The van der Waals surface area contributed by atoms with Crippen LogP contribution >= 0.6 is 22.6 Å². The minimum absolute atomic E-state index is 0.00577. The van der Waals surface area contributed by atoms with Crippen molar-refractivity contribution in [2.75, 3.05) is 13.2 Å². The van der Waals surface area contributed by atoms with Gasteiger partial charge in [-0.1, -0.05) is 12.0 Å². The van der Waals surface area contributed by atoms with Crippen molar-refractivity contribution in [3.05, 3.63) is 56.5 Å². The van der Waals surface area contributed by atoms with Gasteiger partial charge < -0.3 is 25.1 Å². The number of phenols is 1. The number of phenolic OH excluding ortho intramolecular Hbond substituents is 1. The van der Waals surface area contributed by atoms with Crippen LogP contribution in [0.25, 0.3) is 0 Å². The smallest absolute Gasteiger partial charge is 0.205 e. The number of halogens is 1. The van der Waals surface area contributed by atoms with Crippen molar-refractivity contribution in [2.24, 2.45) is 5.73 Å². The molecule has 0 saturated heterocycles. The number of aromatic hydroxyl groups is 1. The number of fused-ring (bicyclic) bond motifs is 1. The van der Waals surface area contributed by atoms with Crippen LogP contribution in [0.1, 0.15) is 24.0 Å². The molecule has 0 aliphatic carbocycles. The van der Waals surface area contributed by atoms with Gasteiger partial charge in [-0.3, -0.25) is 0 Å². The number of terminal acetylenes is 1. The maximum absolute atomic E-state index is 9.78. The van der Waals surface area contributed by atoms with Crippen molar-refractivity contribution in [1.29, 1.82) is 5.26 Å². The Morgan fingerprint density at radius 1 is 1.32 bits per heavy atom. The second kappa shape index (κ2) is 8.32. The number of rotatable bonds is 5. The van der Waals surface area contributed by atoms with Crippen molar-refractivity contribution in [2.45, 2.75) is 12.8 Å². The van der Waals surface area contributed by atoms with Crippen molar-refractivity contribution in [3.8, 4) is 41.4 Å². The Kier molecular flexibility index (Phi) is 5.86. The number of hydrogen-bond acceptors (Lipinski definition) is 6. The van der Waals surface area contributed by atoms with Crippen LogP contribution in [0.5, 0.6) is 23.0 Å². The molecule has 28 heavy (non-hydrogen) atoms. The topological polar surface area (TPSA) is 97.7 Å². The molecule has 1 atom stereocenters. The van der Waals surface area contributed by atoms with Gasteiger partial charge in [0.1, 0.15) is 29.7 Å². The Hall–Kier alpha value is -3.04. The van der Waals surface area contributed by atoms with Gasteiger partial charge in [0.15, 0.2) is 11.5 Å². The number of hydrogen-bond donors (Lipinski definition) is 2. The van der Waals surface area contributed by atoms with Crippen molar-refractivity contribution in [1.82, 2.24) is 0 Å². The van der Waals surface area contributed by atoms with Crippen LogP contribution in [0, 0.1) is 27.2 Å². The minimum atomic E-state index is -0.469. The van der Waals surface area contributed by atoms with E-state index in [4.69, 9.17) is 26.4 Å². The molecule has 1 aliphatic rings. The summed E-state index contributed by atoms with van der Waals surface area (Å²) in [5, 5.41) is 19.5. The molecule has 3 N–H and O–H groups in total. The van der Waals surface area contributed by atoms with Gasteiger partial charge in [0.25, 0.3) is 0 Å². The molecule has 7 heteroatoms. The highest BCUT2D eigenvalue weighted by Gasteiger charge is 2.32. The average molecular weight is 488 g/mol. The molecule has 2 aromatic rings. The quantitative estimate of drug-likeness (QED) is 0.493. The molecule has 0 radical (unpaired) electrons. The fraction of sp³-hybridized carbons (Fsp3) is 0.190. The second-order valence-electron chi connectivity index (χ2n) is 5.90. The highest BCUT2D eigenvalue weighted by molar-refractivity contribution is 14.1. The highest BCUT2D eigenvalue weighted by Crippen LogP contribution is 2.46. The van der Waals surface area contributed by atoms with Crippen LogP contribution in [0.3, 0.4) is 0 Å². The summed E-state index contributed by atoms with van der Waals surface area (Å²) in [7, 11) is 0. The molecule has 142 valence electrons. The number of nitriles is 1. The van der Waals surface area contributed by atoms with Gasteiger partial charge in [-0.15, -0.1) is 6.42 Å². The van der Waals surface area contributed by atoms with E-state index in [2.05, 4.69) is 34.6 Å². The lowest BCUT2D eigenvalue weighted by atomic mass is 9.83. The minimum Gasteiger partial charge on any atom is -0.508 e. The lowest BCUT2D eigenvalue weighted by molar-refractivity contribution is 0.297. The van der Waals surface area contributed by atoms with Gasteiger partial charge in [-0.25, -0.2) is 0 Å². The van der Waals surface area contributed by atoms with E-state index in [1.165, 1.54) is 6.07 Å². The van der Waals surface area contributed by atoms with Crippen LogP contribution in [-0.2, 0) is 0 Å². The predicted molar refractivity (Wildman–Crippen MR) is 112 cm³/mol. The van der Waals surface area contributed by atoms with E-state index in [0.29, 0.717) is 23.9 Å². The first-order valence-corrected chi connectivity index (χ1v) is 9.51. The van der Waals surface area contributed by atoms with Gasteiger partial charge in [-0.2, -0.15) is 5.26 Å². The predicted octanol–water partition coefficient (Wildman–Crippen LogP) is 3.63. The average Bonchev–Trinajstić information content (AvgIpc) is 2.66. The third-order valence-electron chi connectivity index (χ3n) is 4.17. The molecule has 0 unspecified atom stereocenters. The molecule has 0 amide bonds. The van der Waals surface area contributed by atoms with Crippen molar-refractivity contribution >= 4 is 22.6 Å². The number of nitrogens with zero attached hydrogens (tertiary/aromatic N) is 1. The Bertz CT molecular complexity index is 1030. The Morgan fingerprint density at radius 3 is 2.79 bits per heavy atom. The van der Waals surface area contributed by atoms with Crippen LogP contribution in [-0.4, -0.2) is 18.3 Å². The maximum Gasteiger partial charge on any atom is 0.205 e. The van der Waals surface area contributed by atoms with Crippen LogP contribution in [0.15, 0.2) is 41.8 Å². The number of ether oxygens (including phenoxy) is 3. The monoisotopic (exact) mass is 488 g/mol. The Morgan fingerprint density at radius 2 is 2.11 bits per heavy atom. The van der Waals surface area contributed by atoms with Gasteiger partial charge in [-0.05, 0) is 53.3 Å². The molecule has 0 aromatic heterocycles. The molecule has 2 aromatic carbocycles. The highest BCUT2D eigenvalue weighted by atomic mass is 127. The summed E-state index contributed by atoms with van der Waals surface area (Å²) in [6, 6.07) is 10.6. The van der Waals surface area contributed by atoms with Crippen molar-refractivity contribution in [3.63, 3.8) is 0 Å². The summed E-state index contributed by atoms with van der Waals surface area (Å²) in [5.74, 6) is 3.52. The van der Waals surface area contributed by atoms with E-state index < -0.39 is 5.92 Å². The Labute approximate surface area is 176 Å². The molecular formula is C21H17IN2O4.